The lowest BCUT2D eigenvalue weighted by Crippen LogP contribution is -2.47. The van der Waals surface area contributed by atoms with E-state index in [0.29, 0.717) is 0 Å². The summed E-state index contributed by atoms with van der Waals surface area (Å²) in [6.45, 7) is 1.76. The summed E-state index contributed by atoms with van der Waals surface area (Å²) in [4.78, 5) is 0. The molecule has 20 heavy (non-hydrogen) atoms. The second-order valence-electron chi connectivity index (χ2n) is 5.55. The molecule has 0 saturated carbocycles. The van der Waals surface area contributed by atoms with Crippen molar-refractivity contribution < 1.29 is 9.13 Å². The van der Waals surface area contributed by atoms with Gasteiger partial charge in [-0.2, -0.15) is 0 Å². The molecule has 2 aliphatic heterocycles. The Kier molecular flexibility index (Phi) is 2.57. The number of piperidine rings is 1. The van der Waals surface area contributed by atoms with Gasteiger partial charge in [0.05, 0.1) is 0 Å². The van der Waals surface area contributed by atoms with E-state index in [2.05, 4.69) is 11.4 Å². The first-order valence-corrected chi connectivity index (χ1v) is 7.04. The van der Waals surface area contributed by atoms with Crippen LogP contribution in [0.15, 0.2) is 48.5 Å². The van der Waals surface area contributed by atoms with Gasteiger partial charge in [0.15, 0.2) is 0 Å². The topological polar surface area (TPSA) is 21.3 Å². The molecule has 0 bridgehead atoms. The zero-order valence-electron chi connectivity index (χ0n) is 11.1. The van der Waals surface area contributed by atoms with Crippen LogP contribution in [0.1, 0.15) is 23.5 Å². The van der Waals surface area contributed by atoms with Crippen LogP contribution >= 0.6 is 0 Å². The largest absolute Gasteiger partial charge is 0.482 e. The summed E-state index contributed by atoms with van der Waals surface area (Å²) in [7, 11) is 0. The molecule has 2 aliphatic rings. The first kappa shape index (κ1) is 11.9. The fourth-order valence-electron chi connectivity index (χ4n) is 3.56. The molecule has 102 valence electrons. The van der Waals surface area contributed by atoms with E-state index in [1.807, 2.05) is 24.3 Å². The third-order valence-electron chi connectivity index (χ3n) is 4.48. The summed E-state index contributed by atoms with van der Waals surface area (Å²) in [6.07, 6.45) is 0.857. The number of fused-ring (bicyclic) bond motifs is 3. The lowest BCUT2D eigenvalue weighted by molar-refractivity contribution is 0.0392. The Bertz CT molecular complexity index is 657. The summed E-state index contributed by atoms with van der Waals surface area (Å²) in [5.41, 5.74) is 1.75. The van der Waals surface area contributed by atoms with Gasteiger partial charge in [0, 0.05) is 24.4 Å². The van der Waals surface area contributed by atoms with Gasteiger partial charge in [-0.25, -0.2) is 4.39 Å². The molecule has 1 N–H and O–H groups in total. The average molecular weight is 269 g/mol. The third kappa shape index (κ3) is 1.59. The molecule has 2 aromatic rings. The van der Waals surface area contributed by atoms with Crippen LogP contribution in [-0.4, -0.2) is 13.1 Å². The van der Waals surface area contributed by atoms with E-state index < -0.39 is 5.60 Å². The number of para-hydroxylation sites is 1. The lowest BCUT2D eigenvalue weighted by Gasteiger charge is -2.39. The third-order valence-corrected chi connectivity index (χ3v) is 4.48. The minimum atomic E-state index is -0.420. The summed E-state index contributed by atoms with van der Waals surface area (Å²) in [6, 6.07) is 15.0. The molecule has 0 amide bonds. The Balaban J connectivity index is 1.87. The van der Waals surface area contributed by atoms with Gasteiger partial charge >= 0.3 is 0 Å². The van der Waals surface area contributed by atoms with Crippen molar-refractivity contribution in [3.8, 4) is 5.75 Å². The molecule has 2 heterocycles. The highest BCUT2D eigenvalue weighted by Crippen LogP contribution is 2.52. The van der Waals surface area contributed by atoms with Crippen molar-refractivity contribution in [3.05, 3.63) is 65.5 Å². The molecule has 0 unspecified atom stereocenters. The highest BCUT2D eigenvalue weighted by atomic mass is 19.1. The van der Waals surface area contributed by atoms with Crippen LogP contribution in [0, 0.1) is 5.82 Å². The van der Waals surface area contributed by atoms with Crippen LogP contribution < -0.4 is 10.1 Å². The van der Waals surface area contributed by atoms with Crippen molar-refractivity contribution in [2.45, 2.75) is 17.9 Å². The molecular weight excluding hydrogens is 253 g/mol. The summed E-state index contributed by atoms with van der Waals surface area (Å²) >= 11 is 0. The second kappa shape index (κ2) is 4.32. The first-order valence-electron chi connectivity index (χ1n) is 7.04. The number of halogens is 1. The highest BCUT2D eigenvalue weighted by Gasteiger charge is 2.50. The van der Waals surface area contributed by atoms with Crippen molar-refractivity contribution >= 4 is 0 Å². The van der Waals surface area contributed by atoms with Gasteiger partial charge in [0.1, 0.15) is 17.2 Å². The van der Waals surface area contributed by atoms with E-state index in [9.17, 15) is 4.39 Å². The fourth-order valence-corrected chi connectivity index (χ4v) is 3.56. The number of benzene rings is 2. The molecule has 2 atom stereocenters. The number of hydrogen-bond donors (Lipinski definition) is 1. The molecule has 4 rings (SSSR count). The molecule has 1 saturated heterocycles. The molecular formula is C17H16FNO. The molecule has 2 nitrogen and oxygen atoms in total. The van der Waals surface area contributed by atoms with Crippen LogP contribution in [-0.2, 0) is 5.60 Å². The van der Waals surface area contributed by atoms with E-state index in [1.54, 1.807) is 12.1 Å². The Morgan fingerprint density at radius 2 is 2.05 bits per heavy atom. The van der Waals surface area contributed by atoms with Crippen LogP contribution in [0.3, 0.4) is 0 Å². The lowest BCUT2D eigenvalue weighted by atomic mass is 9.75. The Labute approximate surface area is 117 Å². The summed E-state index contributed by atoms with van der Waals surface area (Å²) in [5, 5.41) is 3.43. The van der Waals surface area contributed by atoms with E-state index in [4.69, 9.17) is 4.74 Å². The zero-order chi connectivity index (χ0) is 13.6. The molecule has 1 fully saturated rings. The molecule has 0 aromatic heterocycles. The van der Waals surface area contributed by atoms with Crippen molar-refractivity contribution in [3.63, 3.8) is 0 Å². The number of ether oxygens (including phenoxy) is 1. The van der Waals surface area contributed by atoms with Gasteiger partial charge in [0.2, 0.25) is 0 Å². The highest BCUT2D eigenvalue weighted by molar-refractivity contribution is 5.47. The van der Waals surface area contributed by atoms with Gasteiger partial charge in [0.25, 0.3) is 0 Å². The maximum atomic E-state index is 13.6. The minimum Gasteiger partial charge on any atom is -0.482 e. The molecule has 0 aliphatic carbocycles. The van der Waals surface area contributed by atoms with Gasteiger partial charge in [-0.05, 0) is 30.3 Å². The first-order chi connectivity index (χ1) is 9.79. The number of hydrogen-bond acceptors (Lipinski definition) is 2. The average Bonchev–Trinajstić information content (AvgIpc) is 2.83. The minimum absolute atomic E-state index is 0.200. The zero-order valence-corrected chi connectivity index (χ0v) is 11.1. The molecule has 2 aromatic carbocycles. The van der Waals surface area contributed by atoms with Crippen molar-refractivity contribution in [2.75, 3.05) is 13.1 Å². The predicted molar refractivity (Wildman–Crippen MR) is 75.4 cm³/mol. The Morgan fingerprint density at radius 3 is 2.95 bits per heavy atom. The van der Waals surface area contributed by atoms with E-state index in [-0.39, 0.29) is 11.7 Å². The van der Waals surface area contributed by atoms with Gasteiger partial charge in [-0.3, -0.25) is 0 Å². The van der Waals surface area contributed by atoms with Gasteiger partial charge in [-0.1, -0.05) is 30.3 Å². The maximum Gasteiger partial charge on any atom is 0.143 e. The van der Waals surface area contributed by atoms with Crippen LogP contribution in [0.25, 0.3) is 0 Å². The standard InChI is InChI=1S/C17H16FNO/c18-13-5-3-4-12(10-13)17-8-9-19-11-15(17)14-6-1-2-7-16(14)20-17/h1-7,10,15,19H,8-9,11H2/t15-,17+/m1/s1. The predicted octanol–water partition coefficient (Wildman–Crippen LogP) is 3.19. The molecule has 0 radical (unpaired) electrons. The van der Waals surface area contributed by atoms with Gasteiger partial charge < -0.3 is 10.1 Å². The SMILES string of the molecule is Fc1cccc([C@@]23CCNC[C@@H]2c2ccccc2O3)c1. The quantitative estimate of drug-likeness (QED) is 0.858. The Morgan fingerprint density at radius 1 is 1.15 bits per heavy atom. The van der Waals surface area contributed by atoms with Crippen LogP contribution in [0.5, 0.6) is 5.75 Å². The van der Waals surface area contributed by atoms with E-state index >= 15 is 0 Å². The fraction of sp³-hybridized carbons (Fsp3) is 0.294. The van der Waals surface area contributed by atoms with Crippen LogP contribution in [0.2, 0.25) is 0 Å². The summed E-state index contributed by atoms with van der Waals surface area (Å²) in [5.74, 6) is 0.980. The molecule has 3 heteroatoms. The summed E-state index contributed by atoms with van der Waals surface area (Å²) < 4.78 is 20.0. The van der Waals surface area contributed by atoms with Crippen molar-refractivity contribution in [1.82, 2.24) is 5.32 Å². The second-order valence-corrected chi connectivity index (χ2v) is 5.55. The smallest absolute Gasteiger partial charge is 0.143 e. The normalized spacial score (nSPS) is 27.6. The number of rotatable bonds is 1. The van der Waals surface area contributed by atoms with E-state index in [0.717, 1.165) is 30.8 Å². The maximum absolute atomic E-state index is 13.6. The van der Waals surface area contributed by atoms with Gasteiger partial charge in [-0.15, -0.1) is 0 Å². The monoisotopic (exact) mass is 269 g/mol. The number of nitrogens with one attached hydrogen (secondary N) is 1. The Hall–Kier alpha value is -1.87. The van der Waals surface area contributed by atoms with E-state index in [1.165, 1.54) is 11.6 Å². The van der Waals surface area contributed by atoms with Crippen molar-refractivity contribution in [1.29, 1.82) is 0 Å². The van der Waals surface area contributed by atoms with Crippen molar-refractivity contribution in [2.24, 2.45) is 0 Å². The molecule has 0 spiro atoms. The van der Waals surface area contributed by atoms with Crippen LogP contribution in [0.4, 0.5) is 4.39 Å².